The number of hydrogen-bond donors (Lipinski definition) is 1. The van der Waals surface area contributed by atoms with Gasteiger partial charge in [-0.1, -0.05) is 26.0 Å². The summed E-state index contributed by atoms with van der Waals surface area (Å²) in [4.78, 5) is 51.5. The Morgan fingerprint density at radius 2 is 1.60 bits per heavy atom. The molecule has 1 heterocycles. The molecule has 1 aromatic rings. The largest absolute Gasteiger partial charge is 0.462 e. The maximum absolute atomic E-state index is 13.1. The van der Waals surface area contributed by atoms with Crippen molar-refractivity contribution in [3.8, 4) is 0 Å². The van der Waals surface area contributed by atoms with E-state index < -0.39 is 27.9 Å². The number of rotatable bonds is 12. The van der Waals surface area contributed by atoms with Crippen molar-refractivity contribution in [2.45, 2.75) is 46.5 Å². The molecule has 1 atom stereocenters. The summed E-state index contributed by atoms with van der Waals surface area (Å²) < 4.78 is 10.8. The molecule has 0 fully saturated rings. The van der Waals surface area contributed by atoms with Gasteiger partial charge in [0.1, 0.15) is 0 Å². The van der Waals surface area contributed by atoms with Crippen LogP contribution < -0.4 is 5.32 Å². The van der Waals surface area contributed by atoms with Crippen molar-refractivity contribution in [3.63, 3.8) is 0 Å². The van der Waals surface area contributed by atoms with Gasteiger partial charge in [-0.05, 0) is 31.7 Å². The zero-order valence-corrected chi connectivity index (χ0v) is 20.1. The Bertz CT molecular complexity index is 1050. The van der Waals surface area contributed by atoms with Crippen LogP contribution in [0.15, 0.2) is 46.8 Å². The number of carbonyl (C=O) groups is 2. The van der Waals surface area contributed by atoms with Gasteiger partial charge in [0.15, 0.2) is 0 Å². The summed E-state index contributed by atoms with van der Waals surface area (Å²) in [6.45, 7) is 7.02. The van der Waals surface area contributed by atoms with Gasteiger partial charge in [0.05, 0.1) is 41.8 Å². The van der Waals surface area contributed by atoms with Crippen molar-refractivity contribution in [2.24, 2.45) is 5.92 Å². The van der Waals surface area contributed by atoms with Gasteiger partial charge in [-0.3, -0.25) is 10.1 Å². The summed E-state index contributed by atoms with van der Waals surface area (Å²) in [5, 5.41) is 23.7. The molecule has 12 nitrogen and oxygen atoms in total. The first-order chi connectivity index (χ1) is 16.5. The predicted molar refractivity (Wildman–Crippen MR) is 123 cm³/mol. The van der Waals surface area contributed by atoms with Gasteiger partial charge in [0.2, 0.25) is 0 Å². The Labute approximate surface area is 202 Å². The lowest BCUT2D eigenvalue weighted by atomic mass is 9.80. The number of allylic oxidation sites excluding steroid dienone is 2. The van der Waals surface area contributed by atoms with E-state index in [0.717, 1.165) is 0 Å². The Hall–Kier alpha value is -3.96. The van der Waals surface area contributed by atoms with Crippen LogP contribution in [0.4, 0.5) is 5.69 Å². The molecule has 1 aromatic carbocycles. The van der Waals surface area contributed by atoms with Crippen LogP contribution in [0.5, 0.6) is 0 Å². The van der Waals surface area contributed by atoms with E-state index in [1.54, 1.807) is 19.9 Å². The number of nitrogens with zero attached hydrogens (tertiary/aromatic N) is 2. The molecule has 1 aliphatic heterocycles. The zero-order chi connectivity index (χ0) is 26.1. The number of nitro benzene ring substituents is 1. The average molecular weight is 491 g/mol. The van der Waals surface area contributed by atoms with E-state index in [9.17, 15) is 29.8 Å². The third kappa shape index (κ3) is 7.52. The van der Waals surface area contributed by atoms with Gasteiger partial charge in [0, 0.05) is 29.9 Å². The van der Waals surface area contributed by atoms with E-state index in [1.165, 1.54) is 18.2 Å². The standard InChI is InChI=1S/C23H29N3O9/c1-14(2)9-12-34-23(28)20-16(4)24-15(3)19(22(27)33-10-6-11-35-26(31)32)21(20)17-7-5-8-18(13-17)25(29)30/h5,7-8,13-14,21,24H,6,9-12H2,1-4H3. The summed E-state index contributed by atoms with van der Waals surface area (Å²) in [7, 11) is 0. The number of nitrogens with one attached hydrogen (secondary N) is 1. The molecule has 0 aliphatic carbocycles. The normalized spacial score (nSPS) is 15.5. The second-order valence-corrected chi connectivity index (χ2v) is 8.35. The third-order valence-corrected chi connectivity index (χ3v) is 5.26. The SMILES string of the molecule is CC1=C(C(=O)OCCCO[N+](=O)[O-])C(c2cccc([N+](=O)[O-])c2)C(C(=O)OCCC(C)C)=C(C)N1. The molecule has 0 radical (unpaired) electrons. The van der Waals surface area contributed by atoms with E-state index in [-0.39, 0.29) is 43.1 Å². The highest BCUT2D eigenvalue weighted by atomic mass is 16.9. The first-order valence-corrected chi connectivity index (χ1v) is 11.1. The summed E-state index contributed by atoms with van der Waals surface area (Å²) in [6.07, 6.45) is 0.718. The van der Waals surface area contributed by atoms with Gasteiger partial charge >= 0.3 is 11.9 Å². The van der Waals surface area contributed by atoms with Crippen molar-refractivity contribution >= 4 is 17.6 Å². The maximum Gasteiger partial charge on any atom is 0.336 e. The Kier molecular flexibility index (Phi) is 9.74. The third-order valence-electron chi connectivity index (χ3n) is 5.26. The monoisotopic (exact) mass is 491 g/mol. The van der Waals surface area contributed by atoms with Crippen molar-refractivity contribution < 1.29 is 33.9 Å². The number of hydrogen-bond acceptors (Lipinski definition) is 10. The summed E-state index contributed by atoms with van der Waals surface area (Å²) in [6, 6.07) is 5.67. The molecular weight excluding hydrogens is 462 g/mol. The van der Waals surface area contributed by atoms with Gasteiger partial charge in [-0.15, -0.1) is 10.1 Å². The molecule has 0 aromatic heterocycles. The molecular formula is C23H29N3O9. The van der Waals surface area contributed by atoms with Crippen LogP contribution >= 0.6 is 0 Å². The molecule has 1 aliphatic rings. The lowest BCUT2D eigenvalue weighted by molar-refractivity contribution is -0.757. The first kappa shape index (κ1) is 27.3. The quantitative estimate of drug-likeness (QED) is 0.198. The lowest BCUT2D eigenvalue weighted by Crippen LogP contribution is -2.33. The van der Waals surface area contributed by atoms with Crippen molar-refractivity contribution in [3.05, 3.63) is 72.6 Å². The van der Waals surface area contributed by atoms with E-state index in [0.29, 0.717) is 29.3 Å². The molecule has 12 heteroatoms. The zero-order valence-electron chi connectivity index (χ0n) is 20.1. The molecule has 0 spiro atoms. The Morgan fingerprint density at radius 3 is 2.14 bits per heavy atom. The van der Waals surface area contributed by atoms with Crippen molar-refractivity contribution in [1.29, 1.82) is 0 Å². The fourth-order valence-electron chi connectivity index (χ4n) is 3.59. The van der Waals surface area contributed by atoms with Crippen LogP contribution in [0.1, 0.15) is 52.0 Å². The molecule has 2 rings (SSSR count). The Morgan fingerprint density at radius 1 is 1.00 bits per heavy atom. The van der Waals surface area contributed by atoms with E-state index >= 15 is 0 Å². The number of dihydropyridines is 1. The molecule has 1 unspecified atom stereocenters. The number of benzene rings is 1. The minimum absolute atomic E-state index is 0.0763. The highest BCUT2D eigenvalue weighted by Crippen LogP contribution is 2.40. The Balaban J connectivity index is 2.41. The molecule has 0 saturated heterocycles. The van der Waals surface area contributed by atoms with Crippen LogP contribution in [-0.2, 0) is 23.9 Å². The smallest absolute Gasteiger partial charge is 0.336 e. The topological polar surface area (TPSA) is 160 Å². The minimum Gasteiger partial charge on any atom is -0.462 e. The van der Waals surface area contributed by atoms with Crippen LogP contribution in [-0.4, -0.2) is 41.8 Å². The van der Waals surface area contributed by atoms with E-state index in [2.05, 4.69) is 10.2 Å². The van der Waals surface area contributed by atoms with Crippen molar-refractivity contribution in [2.75, 3.05) is 19.8 Å². The van der Waals surface area contributed by atoms with E-state index in [4.69, 9.17) is 9.47 Å². The second kappa shape index (κ2) is 12.5. The number of nitro groups is 1. The molecule has 0 amide bonds. The van der Waals surface area contributed by atoms with E-state index in [1.807, 2.05) is 13.8 Å². The number of esters is 2. The number of ether oxygens (including phenoxy) is 2. The fraction of sp³-hybridized carbons (Fsp3) is 0.478. The molecule has 190 valence electrons. The minimum atomic E-state index is -0.981. The van der Waals surface area contributed by atoms with Gasteiger partial charge in [0.25, 0.3) is 10.8 Å². The maximum atomic E-state index is 13.1. The van der Waals surface area contributed by atoms with Crippen LogP contribution in [0.3, 0.4) is 0 Å². The average Bonchev–Trinajstić information content (AvgIpc) is 2.77. The highest BCUT2D eigenvalue weighted by Gasteiger charge is 2.38. The van der Waals surface area contributed by atoms with Crippen LogP contribution in [0, 0.1) is 26.1 Å². The molecule has 0 bridgehead atoms. The lowest BCUT2D eigenvalue weighted by Gasteiger charge is -2.30. The summed E-state index contributed by atoms with van der Waals surface area (Å²) in [5.41, 5.74) is 1.23. The second-order valence-electron chi connectivity index (χ2n) is 8.35. The summed E-state index contributed by atoms with van der Waals surface area (Å²) >= 11 is 0. The first-order valence-electron chi connectivity index (χ1n) is 11.1. The number of non-ortho nitro benzene ring substituents is 1. The van der Waals surface area contributed by atoms with Crippen LogP contribution in [0.25, 0.3) is 0 Å². The van der Waals surface area contributed by atoms with Crippen molar-refractivity contribution in [1.82, 2.24) is 5.32 Å². The molecule has 0 saturated carbocycles. The number of carbonyl (C=O) groups excluding carboxylic acids is 2. The predicted octanol–water partition coefficient (Wildman–Crippen LogP) is 3.56. The van der Waals surface area contributed by atoms with Gasteiger partial charge in [-0.25, -0.2) is 9.59 Å². The van der Waals surface area contributed by atoms with Gasteiger partial charge in [-0.2, -0.15) is 0 Å². The molecule has 1 N–H and O–H groups in total. The highest BCUT2D eigenvalue weighted by molar-refractivity contribution is 6.00. The van der Waals surface area contributed by atoms with Gasteiger partial charge < -0.3 is 19.6 Å². The summed E-state index contributed by atoms with van der Waals surface area (Å²) in [5.74, 6) is -2.09. The van der Waals surface area contributed by atoms with Crippen LogP contribution in [0.2, 0.25) is 0 Å². The molecule has 35 heavy (non-hydrogen) atoms. The fourth-order valence-corrected chi connectivity index (χ4v) is 3.59.